The maximum absolute atomic E-state index is 13.7. The standard InChI is InChI=1S/C14H11BrF2N2O/c15-9-3-1-8(2-4-9)7-19-14(20)11-5-10(16)6-12(18)13(11)17/h1-6H,7,18H2,(H,19,20). The van der Waals surface area contributed by atoms with Crippen molar-refractivity contribution in [3.63, 3.8) is 0 Å². The molecule has 0 aliphatic rings. The van der Waals surface area contributed by atoms with Crippen molar-refractivity contribution in [2.45, 2.75) is 6.54 Å². The van der Waals surface area contributed by atoms with E-state index in [0.29, 0.717) is 0 Å². The van der Waals surface area contributed by atoms with E-state index in [4.69, 9.17) is 5.73 Å². The monoisotopic (exact) mass is 340 g/mol. The summed E-state index contributed by atoms with van der Waals surface area (Å²) >= 11 is 3.30. The Balaban J connectivity index is 2.11. The molecular formula is C14H11BrF2N2O. The highest BCUT2D eigenvalue weighted by atomic mass is 79.9. The highest BCUT2D eigenvalue weighted by molar-refractivity contribution is 9.10. The van der Waals surface area contributed by atoms with Gasteiger partial charge in [0.1, 0.15) is 5.82 Å². The second-order valence-corrected chi connectivity index (χ2v) is 5.08. The molecule has 104 valence electrons. The Hall–Kier alpha value is -1.95. The van der Waals surface area contributed by atoms with Crippen molar-refractivity contribution in [2.75, 3.05) is 5.73 Å². The normalized spacial score (nSPS) is 10.3. The molecule has 0 spiro atoms. The van der Waals surface area contributed by atoms with Crippen molar-refractivity contribution < 1.29 is 13.6 Å². The molecule has 0 heterocycles. The van der Waals surface area contributed by atoms with Crippen LogP contribution < -0.4 is 11.1 Å². The van der Waals surface area contributed by atoms with Gasteiger partial charge in [-0.15, -0.1) is 0 Å². The average molecular weight is 341 g/mol. The second-order valence-electron chi connectivity index (χ2n) is 4.17. The van der Waals surface area contributed by atoms with Gasteiger partial charge in [0.25, 0.3) is 5.91 Å². The van der Waals surface area contributed by atoms with Crippen LogP contribution in [0, 0.1) is 11.6 Å². The van der Waals surface area contributed by atoms with Crippen molar-refractivity contribution in [1.82, 2.24) is 5.32 Å². The number of amides is 1. The molecule has 0 saturated carbocycles. The summed E-state index contributed by atoms with van der Waals surface area (Å²) in [6.07, 6.45) is 0. The van der Waals surface area contributed by atoms with Gasteiger partial charge in [-0.3, -0.25) is 4.79 Å². The van der Waals surface area contributed by atoms with Crippen molar-refractivity contribution in [2.24, 2.45) is 0 Å². The summed E-state index contributed by atoms with van der Waals surface area (Å²) in [7, 11) is 0. The number of rotatable bonds is 3. The molecule has 1 amide bonds. The fourth-order valence-electron chi connectivity index (χ4n) is 1.66. The minimum absolute atomic E-state index is 0.210. The van der Waals surface area contributed by atoms with E-state index >= 15 is 0 Å². The van der Waals surface area contributed by atoms with Gasteiger partial charge in [-0.25, -0.2) is 8.78 Å². The summed E-state index contributed by atoms with van der Waals surface area (Å²) in [5.74, 6) is -2.38. The number of nitrogens with one attached hydrogen (secondary N) is 1. The third kappa shape index (κ3) is 3.33. The fraction of sp³-hybridized carbons (Fsp3) is 0.0714. The number of carbonyl (C=O) groups excluding carboxylic acids is 1. The predicted molar refractivity (Wildman–Crippen MR) is 76.1 cm³/mol. The molecule has 3 nitrogen and oxygen atoms in total. The molecule has 20 heavy (non-hydrogen) atoms. The first kappa shape index (κ1) is 14.5. The maximum Gasteiger partial charge on any atom is 0.254 e. The van der Waals surface area contributed by atoms with Gasteiger partial charge < -0.3 is 11.1 Å². The third-order valence-electron chi connectivity index (χ3n) is 2.68. The molecule has 0 bridgehead atoms. The third-order valence-corrected chi connectivity index (χ3v) is 3.21. The maximum atomic E-state index is 13.7. The van der Waals surface area contributed by atoms with Crippen LogP contribution in [-0.2, 0) is 6.54 Å². The van der Waals surface area contributed by atoms with E-state index in [-0.39, 0.29) is 6.54 Å². The molecule has 0 saturated heterocycles. The lowest BCUT2D eigenvalue weighted by atomic mass is 10.1. The topological polar surface area (TPSA) is 55.1 Å². The second kappa shape index (κ2) is 6.00. The van der Waals surface area contributed by atoms with Crippen LogP contribution in [0.3, 0.4) is 0 Å². The minimum Gasteiger partial charge on any atom is -0.396 e. The lowest BCUT2D eigenvalue weighted by Crippen LogP contribution is -2.24. The molecule has 6 heteroatoms. The number of halogens is 3. The van der Waals surface area contributed by atoms with Crippen molar-refractivity contribution in [1.29, 1.82) is 0 Å². The number of anilines is 1. The van der Waals surface area contributed by atoms with Crippen LogP contribution in [0.15, 0.2) is 40.9 Å². The molecule has 2 rings (SSSR count). The molecule has 0 aliphatic heterocycles. The Bertz CT molecular complexity index is 644. The Morgan fingerprint density at radius 3 is 2.50 bits per heavy atom. The molecular weight excluding hydrogens is 330 g/mol. The number of carbonyl (C=O) groups is 1. The van der Waals surface area contributed by atoms with Crippen LogP contribution in [0.1, 0.15) is 15.9 Å². The zero-order valence-electron chi connectivity index (χ0n) is 10.3. The first-order valence-electron chi connectivity index (χ1n) is 5.74. The summed E-state index contributed by atoms with van der Waals surface area (Å²) in [6, 6.07) is 8.91. The largest absolute Gasteiger partial charge is 0.396 e. The highest BCUT2D eigenvalue weighted by Crippen LogP contribution is 2.17. The summed E-state index contributed by atoms with van der Waals surface area (Å²) in [6.45, 7) is 0.210. The summed E-state index contributed by atoms with van der Waals surface area (Å²) in [5, 5.41) is 2.51. The van der Waals surface area contributed by atoms with Gasteiger partial charge in [0.2, 0.25) is 0 Å². The van der Waals surface area contributed by atoms with Gasteiger partial charge in [-0.1, -0.05) is 28.1 Å². The Labute approximate surface area is 122 Å². The first-order chi connectivity index (χ1) is 9.47. The van der Waals surface area contributed by atoms with Gasteiger partial charge in [0.15, 0.2) is 5.82 Å². The van der Waals surface area contributed by atoms with Gasteiger partial charge in [-0.2, -0.15) is 0 Å². The van der Waals surface area contributed by atoms with E-state index in [1.54, 1.807) is 12.1 Å². The average Bonchev–Trinajstić information content (AvgIpc) is 2.42. The van der Waals surface area contributed by atoms with Crippen LogP contribution in [0.4, 0.5) is 14.5 Å². The minimum atomic E-state index is -0.917. The molecule has 0 radical (unpaired) electrons. The van der Waals surface area contributed by atoms with Crippen molar-refractivity contribution in [3.8, 4) is 0 Å². The molecule has 2 aromatic carbocycles. The van der Waals surface area contributed by atoms with E-state index in [1.165, 1.54) is 0 Å². The molecule has 0 unspecified atom stereocenters. The molecule has 0 atom stereocenters. The smallest absolute Gasteiger partial charge is 0.254 e. The fourth-order valence-corrected chi connectivity index (χ4v) is 1.92. The molecule has 0 aromatic heterocycles. The number of hydrogen-bond donors (Lipinski definition) is 2. The number of benzene rings is 2. The molecule has 2 aromatic rings. The van der Waals surface area contributed by atoms with E-state index in [1.807, 2.05) is 12.1 Å². The van der Waals surface area contributed by atoms with Gasteiger partial charge >= 0.3 is 0 Å². The Kier molecular flexibility index (Phi) is 4.34. The van der Waals surface area contributed by atoms with E-state index in [0.717, 1.165) is 22.2 Å². The SMILES string of the molecule is Nc1cc(F)cc(C(=O)NCc2ccc(Br)cc2)c1F. The Morgan fingerprint density at radius 1 is 1.20 bits per heavy atom. The molecule has 3 N–H and O–H groups in total. The quantitative estimate of drug-likeness (QED) is 0.842. The number of hydrogen-bond acceptors (Lipinski definition) is 2. The summed E-state index contributed by atoms with van der Waals surface area (Å²) in [5.41, 5.74) is 5.33. The highest BCUT2D eigenvalue weighted by Gasteiger charge is 2.15. The lowest BCUT2D eigenvalue weighted by molar-refractivity contribution is 0.0946. The summed E-state index contributed by atoms with van der Waals surface area (Å²) < 4.78 is 27.7. The number of nitrogen functional groups attached to an aromatic ring is 1. The van der Waals surface area contributed by atoms with E-state index in [2.05, 4.69) is 21.2 Å². The number of nitrogens with two attached hydrogens (primary N) is 1. The zero-order valence-corrected chi connectivity index (χ0v) is 11.9. The van der Waals surface area contributed by atoms with Crippen molar-refractivity contribution in [3.05, 3.63) is 63.6 Å². The van der Waals surface area contributed by atoms with E-state index in [9.17, 15) is 13.6 Å². The van der Waals surface area contributed by atoms with Gasteiger partial charge in [0, 0.05) is 11.0 Å². The lowest BCUT2D eigenvalue weighted by Gasteiger charge is -2.08. The van der Waals surface area contributed by atoms with Crippen molar-refractivity contribution >= 4 is 27.5 Å². The molecule has 0 fully saturated rings. The first-order valence-corrected chi connectivity index (χ1v) is 6.54. The van der Waals surface area contributed by atoms with Crippen LogP contribution in [0.25, 0.3) is 0 Å². The predicted octanol–water partition coefficient (Wildman–Crippen LogP) is 3.24. The zero-order chi connectivity index (χ0) is 14.7. The van der Waals surface area contributed by atoms with E-state index < -0.39 is 28.8 Å². The summed E-state index contributed by atoms with van der Waals surface area (Å²) in [4.78, 5) is 11.8. The van der Waals surface area contributed by atoms with Crippen LogP contribution in [-0.4, -0.2) is 5.91 Å². The molecule has 0 aliphatic carbocycles. The van der Waals surface area contributed by atoms with Gasteiger partial charge in [0.05, 0.1) is 11.3 Å². The van der Waals surface area contributed by atoms with Crippen LogP contribution >= 0.6 is 15.9 Å². The van der Waals surface area contributed by atoms with Gasteiger partial charge in [-0.05, 0) is 29.8 Å². The van der Waals surface area contributed by atoms with Crippen LogP contribution in [0.2, 0.25) is 0 Å². The Morgan fingerprint density at radius 2 is 1.85 bits per heavy atom. The van der Waals surface area contributed by atoms with Crippen LogP contribution in [0.5, 0.6) is 0 Å².